The lowest BCUT2D eigenvalue weighted by atomic mass is 10.1. The first-order valence-corrected chi connectivity index (χ1v) is 6.99. The highest BCUT2D eigenvalue weighted by molar-refractivity contribution is 5.92. The molecule has 2 rings (SSSR count). The Kier molecular flexibility index (Phi) is 4.59. The van der Waals surface area contributed by atoms with Gasteiger partial charge in [-0.05, 0) is 19.1 Å². The summed E-state index contributed by atoms with van der Waals surface area (Å²) in [6.07, 6.45) is 0. The molecule has 0 aliphatic heterocycles. The number of carbonyl (C=O) groups is 1. The Bertz CT molecular complexity index is 778. The number of H-pyrrole nitrogens is 1. The second-order valence-corrected chi connectivity index (χ2v) is 5.06. The third-order valence-corrected chi connectivity index (χ3v) is 3.32. The van der Waals surface area contributed by atoms with Crippen LogP contribution in [0.4, 0.5) is 5.69 Å². The topological polar surface area (TPSA) is 103 Å². The molecule has 0 amide bonds. The molecule has 1 aromatic carbocycles. The van der Waals surface area contributed by atoms with Crippen LogP contribution in [0, 0.1) is 0 Å². The minimum Gasteiger partial charge on any atom is -0.503 e. The van der Waals surface area contributed by atoms with Gasteiger partial charge in [-0.1, -0.05) is 12.1 Å². The van der Waals surface area contributed by atoms with E-state index in [0.29, 0.717) is 5.56 Å². The number of rotatable bonds is 5. The Hall–Kier alpha value is -2.96. The lowest BCUT2D eigenvalue weighted by Crippen LogP contribution is -2.19. The van der Waals surface area contributed by atoms with E-state index in [1.807, 2.05) is 31.1 Å². The van der Waals surface area contributed by atoms with E-state index in [4.69, 9.17) is 9.84 Å². The molecule has 0 atom stereocenters. The van der Waals surface area contributed by atoms with Crippen molar-refractivity contribution >= 4 is 11.7 Å². The first kappa shape index (κ1) is 16.4. The van der Waals surface area contributed by atoms with Gasteiger partial charge in [-0.15, -0.1) is 0 Å². The number of carboxylic acids is 1. The van der Waals surface area contributed by atoms with Crippen LogP contribution in [0.15, 0.2) is 29.1 Å². The minimum absolute atomic E-state index is 0.0536. The third kappa shape index (κ3) is 3.13. The van der Waals surface area contributed by atoms with Crippen LogP contribution in [-0.4, -0.2) is 41.9 Å². The predicted octanol–water partition coefficient (Wildman–Crippen LogP) is 1.91. The van der Waals surface area contributed by atoms with E-state index >= 15 is 0 Å². The van der Waals surface area contributed by atoms with Crippen LogP contribution in [0.25, 0.3) is 11.3 Å². The molecule has 0 bridgehead atoms. The SMILES string of the molecule is CCOc1c(-c2ccc(N(C)C)cc2)[nH]c(=O)c(C(=O)O)c1O. The summed E-state index contributed by atoms with van der Waals surface area (Å²) in [6, 6.07) is 7.18. The number of ether oxygens (including phenoxy) is 1. The van der Waals surface area contributed by atoms with E-state index in [1.54, 1.807) is 19.1 Å². The summed E-state index contributed by atoms with van der Waals surface area (Å²) in [6.45, 7) is 1.91. The number of hydrogen-bond donors (Lipinski definition) is 3. The van der Waals surface area contributed by atoms with Gasteiger partial charge in [0, 0.05) is 25.3 Å². The Balaban J connectivity index is 2.66. The summed E-state index contributed by atoms with van der Waals surface area (Å²) < 4.78 is 5.35. The third-order valence-electron chi connectivity index (χ3n) is 3.32. The second kappa shape index (κ2) is 6.43. The summed E-state index contributed by atoms with van der Waals surface area (Å²) in [4.78, 5) is 27.5. The van der Waals surface area contributed by atoms with Crippen LogP contribution < -0.4 is 15.2 Å². The summed E-state index contributed by atoms with van der Waals surface area (Å²) in [7, 11) is 3.80. The van der Waals surface area contributed by atoms with Gasteiger partial charge in [0.25, 0.3) is 5.56 Å². The number of nitrogens with zero attached hydrogens (tertiary/aromatic N) is 1. The van der Waals surface area contributed by atoms with Gasteiger partial charge in [0.1, 0.15) is 0 Å². The number of aromatic carboxylic acids is 1. The first-order chi connectivity index (χ1) is 10.9. The van der Waals surface area contributed by atoms with Crippen molar-refractivity contribution < 1.29 is 19.7 Å². The highest BCUT2D eigenvalue weighted by Gasteiger charge is 2.23. The molecule has 0 saturated carbocycles. The zero-order valence-corrected chi connectivity index (χ0v) is 13.1. The lowest BCUT2D eigenvalue weighted by Gasteiger charge is -2.15. The van der Waals surface area contributed by atoms with Gasteiger partial charge in [-0.25, -0.2) is 4.79 Å². The van der Waals surface area contributed by atoms with E-state index in [0.717, 1.165) is 5.69 Å². The molecule has 0 aliphatic carbocycles. The zero-order valence-electron chi connectivity index (χ0n) is 13.1. The van der Waals surface area contributed by atoms with Gasteiger partial charge >= 0.3 is 5.97 Å². The van der Waals surface area contributed by atoms with Crippen LogP contribution in [0.1, 0.15) is 17.3 Å². The van der Waals surface area contributed by atoms with Crippen LogP contribution >= 0.6 is 0 Å². The van der Waals surface area contributed by atoms with Gasteiger partial charge in [-0.3, -0.25) is 4.79 Å². The van der Waals surface area contributed by atoms with Crippen molar-refractivity contribution in [3.8, 4) is 22.8 Å². The van der Waals surface area contributed by atoms with Crippen molar-refractivity contribution in [2.24, 2.45) is 0 Å². The molecule has 7 heteroatoms. The van der Waals surface area contributed by atoms with Gasteiger partial charge in [0.05, 0.1) is 12.3 Å². The average Bonchev–Trinajstić information content (AvgIpc) is 2.49. The maximum atomic E-state index is 11.9. The number of carboxylic acid groups (broad SMARTS) is 1. The van der Waals surface area contributed by atoms with Crippen molar-refractivity contribution in [2.45, 2.75) is 6.92 Å². The fourth-order valence-corrected chi connectivity index (χ4v) is 2.19. The Morgan fingerprint density at radius 2 is 1.87 bits per heavy atom. The number of nitrogens with one attached hydrogen (secondary N) is 1. The monoisotopic (exact) mass is 318 g/mol. The standard InChI is InChI=1S/C16H18N2O5/c1-4-23-14-12(9-5-7-10(8-6-9)18(2)3)17-15(20)11(13(14)19)16(21)22/h5-8H,4H2,1-3H3,(H,21,22)(H2,17,19,20). The molecule has 1 aromatic heterocycles. The van der Waals surface area contributed by atoms with Gasteiger partial charge < -0.3 is 24.8 Å². The summed E-state index contributed by atoms with van der Waals surface area (Å²) >= 11 is 0. The number of aromatic nitrogens is 1. The van der Waals surface area contributed by atoms with E-state index < -0.39 is 22.8 Å². The number of benzene rings is 1. The lowest BCUT2D eigenvalue weighted by molar-refractivity contribution is 0.0690. The predicted molar refractivity (Wildman–Crippen MR) is 86.6 cm³/mol. The molecule has 3 N–H and O–H groups in total. The molecule has 122 valence electrons. The fraction of sp³-hybridized carbons (Fsp3) is 0.250. The second-order valence-electron chi connectivity index (χ2n) is 5.06. The van der Waals surface area contributed by atoms with E-state index in [2.05, 4.69) is 4.98 Å². The Labute approximate surface area is 132 Å². The van der Waals surface area contributed by atoms with Crippen molar-refractivity contribution in [2.75, 3.05) is 25.6 Å². The first-order valence-electron chi connectivity index (χ1n) is 6.99. The maximum absolute atomic E-state index is 11.9. The average molecular weight is 318 g/mol. The van der Waals surface area contributed by atoms with Crippen molar-refractivity contribution in [3.05, 3.63) is 40.2 Å². The van der Waals surface area contributed by atoms with Crippen LogP contribution in [-0.2, 0) is 0 Å². The molecule has 0 radical (unpaired) electrons. The van der Waals surface area contributed by atoms with E-state index in [-0.39, 0.29) is 18.1 Å². The van der Waals surface area contributed by atoms with Crippen molar-refractivity contribution in [1.29, 1.82) is 0 Å². The molecule has 1 heterocycles. The molecule has 7 nitrogen and oxygen atoms in total. The largest absolute Gasteiger partial charge is 0.503 e. The van der Waals surface area contributed by atoms with Crippen molar-refractivity contribution in [3.63, 3.8) is 0 Å². The number of aromatic hydroxyl groups is 1. The number of anilines is 1. The van der Waals surface area contributed by atoms with Gasteiger partial charge in [0.2, 0.25) is 0 Å². The van der Waals surface area contributed by atoms with E-state index in [1.165, 1.54) is 0 Å². The van der Waals surface area contributed by atoms with Crippen LogP contribution in [0.5, 0.6) is 11.5 Å². The Morgan fingerprint density at radius 1 is 1.26 bits per heavy atom. The molecule has 0 aliphatic rings. The molecule has 2 aromatic rings. The number of hydrogen-bond acceptors (Lipinski definition) is 5. The summed E-state index contributed by atoms with van der Waals surface area (Å²) in [5.74, 6) is -2.24. The van der Waals surface area contributed by atoms with Crippen LogP contribution in [0.3, 0.4) is 0 Å². The molecular formula is C16H18N2O5. The minimum atomic E-state index is -1.51. The number of pyridine rings is 1. The molecule has 0 fully saturated rings. The van der Waals surface area contributed by atoms with Crippen molar-refractivity contribution in [1.82, 2.24) is 4.98 Å². The fourth-order valence-electron chi connectivity index (χ4n) is 2.19. The molecular weight excluding hydrogens is 300 g/mol. The van der Waals surface area contributed by atoms with E-state index in [9.17, 15) is 14.7 Å². The summed E-state index contributed by atoms with van der Waals surface area (Å²) in [5, 5.41) is 19.2. The highest BCUT2D eigenvalue weighted by atomic mass is 16.5. The molecule has 0 spiro atoms. The normalized spacial score (nSPS) is 10.4. The smallest absolute Gasteiger partial charge is 0.345 e. The van der Waals surface area contributed by atoms with Gasteiger partial charge in [-0.2, -0.15) is 0 Å². The zero-order chi connectivity index (χ0) is 17.1. The molecule has 0 saturated heterocycles. The number of aromatic amines is 1. The molecule has 0 unspecified atom stereocenters. The summed E-state index contributed by atoms with van der Waals surface area (Å²) in [5.41, 5.74) is 0.181. The van der Waals surface area contributed by atoms with Gasteiger partial charge in [0.15, 0.2) is 17.1 Å². The van der Waals surface area contributed by atoms with Crippen LogP contribution in [0.2, 0.25) is 0 Å². The molecule has 23 heavy (non-hydrogen) atoms. The Morgan fingerprint density at radius 3 is 2.35 bits per heavy atom. The highest BCUT2D eigenvalue weighted by Crippen LogP contribution is 2.37. The maximum Gasteiger partial charge on any atom is 0.345 e. The quantitative estimate of drug-likeness (QED) is 0.778.